The van der Waals surface area contributed by atoms with E-state index in [0.717, 1.165) is 42.9 Å². The molecule has 5 heteroatoms. The summed E-state index contributed by atoms with van der Waals surface area (Å²) < 4.78 is 17.9. The van der Waals surface area contributed by atoms with Crippen molar-refractivity contribution in [1.29, 1.82) is 0 Å². The average Bonchev–Trinajstić information content (AvgIpc) is 3.36. The first-order valence-corrected chi connectivity index (χ1v) is 11.1. The third kappa shape index (κ3) is 4.00. The molecule has 1 unspecified atom stereocenters. The molecule has 0 aromatic heterocycles. The van der Waals surface area contributed by atoms with Crippen LogP contribution in [-0.4, -0.2) is 36.7 Å². The number of ketones is 1. The lowest BCUT2D eigenvalue weighted by Crippen LogP contribution is -2.37. The van der Waals surface area contributed by atoms with E-state index >= 15 is 0 Å². The summed E-state index contributed by atoms with van der Waals surface area (Å²) in [4.78, 5) is 15.2. The van der Waals surface area contributed by atoms with Gasteiger partial charge in [-0.05, 0) is 47.6 Å². The van der Waals surface area contributed by atoms with E-state index < -0.39 is 0 Å². The Morgan fingerprint density at radius 2 is 1.94 bits per heavy atom. The number of allylic oxidation sites excluding steroid dienone is 1. The predicted molar refractivity (Wildman–Crippen MR) is 119 cm³/mol. The van der Waals surface area contributed by atoms with Crippen molar-refractivity contribution in [3.8, 4) is 11.5 Å². The molecular formula is C26H29NO4. The van der Waals surface area contributed by atoms with Gasteiger partial charge in [0.25, 0.3) is 0 Å². The molecule has 0 saturated carbocycles. The molecule has 3 aliphatic rings. The number of hydrogen-bond acceptors (Lipinski definition) is 5. The van der Waals surface area contributed by atoms with Crippen LogP contribution in [0.25, 0.3) is 6.08 Å². The fourth-order valence-electron chi connectivity index (χ4n) is 4.43. The van der Waals surface area contributed by atoms with Gasteiger partial charge >= 0.3 is 0 Å². The molecule has 2 aromatic rings. The highest BCUT2D eigenvalue weighted by Crippen LogP contribution is 2.42. The summed E-state index contributed by atoms with van der Waals surface area (Å²) in [5, 5.41) is 0. The van der Waals surface area contributed by atoms with Gasteiger partial charge in [-0.2, -0.15) is 0 Å². The highest BCUT2D eigenvalue weighted by Gasteiger charge is 2.34. The number of hydrogen-bond donors (Lipinski definition) is 0. The van der Waals surface area contributed by atoms with E-state index in [1.165, 1.54) is 5.56 Å². The lowest BCUT2D eigenvalue weighted by molar-refractivity contribution is 0.0274. The Morgan fingerprint density at radius 3 is 2.65 bits per heavy atom. The van der Waals surface area contributed by atoms with Gasteiger partial charge in [0.05, 0.1) is 17.2 Å². The fraction of sp³-hybridized carbons (Fsp3) is 0.423. The highest BCUT2D eigenvalue weighted by molar-refractivity contribution is 6.15. The van der Waals surface area contributed by atoms with E-state index in [-0.39, 0.29) is 17.3 Å². The molecule has 1 fully saturated rings. The zero-order valence-electron chi connectivity index (χ0n) is 18.4. The summed E-state index contributed by atoms with van der Waals surface area (Å²) in [5.74, 6) is 1.72. The van der Waals surface area contributed by atoms with Gasteiger partial charge in [-0.15, -0.1) is 0 Å². The van der Waals surface area contributed by atoms with Crippen LogP contribution in [0.5, 0.6) is 11.5 Å². The van der Waals surface area contributed by atoms with Crippen LogP contribution in [0.1, 0.15) is 60.7 Å². The lowest BCUT2D eigenvalue weighted by Gasteiger charge is -2.31. The lowest BCUT2D eigenvalue weighted by atomic mass is 9.86. The molecule has 0 bridgehead atoms. The van der Waals surface area contributed by atoms with Gasteiger partial charge in [-0.25, -0.2) is 0 Å². The third-order valence-electron chi connectivity index (χ3n) is 6.24. The van der Waals surface area contributed by atoms with Gasteiger partial charge in [0.2, 0.25) is 5.78 Å². The van der Waals surface area contributed by atoms with E-state index in [1.807, 2.05) is 30.3 Å². The summed E-state index contributed by atoms with van der Waals surface area (Å²) in [6.45, 7) is 9.46. The highest BCUT2D eigenvalue weighted by atomic mass is 16.5. The number of fused-ring (bicyclic) bond motifs is 3. The maximum Gasteiger partial charge on any atom is 0.231 e. The van der Waals surface area contributed by atoms with Crippen LogP contribution in [0.2, 0.25) is 0 Å². The minimum absolute atomic E-state index is 0.0750. The molecule has 3 heterocycles. The molecule has 0 amide bonds. The molecule has 0 spiro atoms. The summed E-state index contributed by atoms with van der Waals surface area (Å²) in [6, 6.07) is 12.0. The van der Waals surface area contributed by atoms with Crippen molar-refractivity contribution in [2.24, 2.45) is 0 Å². The summed E-state index contributed by atoms with van der Waals surface area (Å²) in [7, 11) is 0. The predicted octanol–water partition coefficient (Wildman–Crippen LogP) is 4.93. The monoisotopic (exact) mass is 419 g/mol. The summed E-state index contributed by atoms with van der Waals surface area (Å²) in [5.41, 5.74) is 3.86. The molecule has 0 N–H and O–H groups in total. The van der Waals surface area contributed by atoms with Gasteiger partial charge in [0.15, 0.2) is 5.76 Å². The zero-order valence-corrected chi connectivity index (χ0v) is 18.4. The maximum absolute atomic E-state index is 13.0. The van der Waals surface area contributed by atoms with E-state index in [2.05, 4.69) is 37.8 Å². The molecule has 5 nitrogen and oxygen atoms in total. The van der Waals surface area contributed by atoms with Crippen molar-refractivity contribution >= 4 is 11.9 Å². The minimum atomic E-state index is -0.0750. The molecule has 1 saturated heterocycles. The fourth-order valence-corrected chi connectivity index (χ4v) is 4.43. The molecule has 3 aliphatic heterocycles. The van der Waals surface area contributed by atoms with E-state index in [4.69, 9.17) is 14.2 Å². The van der Waals surface area contributed by atoms with Crippen LogP contribution >= 0.6 is 0 Å². The Labute approximate surface area is 183 Å². The van der Waals surface area contributed by atoms with Crippen molar-refractivity contribution < 1.29 is 19.0 Å². The Kier molecular flexibility index (Phi) is 5.11. The van der Waals surface area contributed by atoms with Gasteiger partial charge in [-0.3, -0.25) is 9.69 Å². The minimum Gasteiger partial charge on any atom is -0.478 e. The molecule has 0 aliphatic carbocycles. The van der Waals surface area contributed by atoms with Crippen LogP contribution in [0.3, 0.4) is 0 Å². The zero-order chi connectivity index (χ0) is 21.6. The molecule has 2 aromatic carbocycles. The topological polar surface area (TPSA) is 48.0 Å². The largest absolute Gasteiger partial charge is 0.478 e. The van der Waals surface area contributed by atoms with Gasteiger partial charge in [0.1, 0.15) is 18.2 Å². The third-order valence-corrected chi connectivity index (χ3v) is 6.24. The van der Waals surface area contributed by atoms with Crippen LogP contribution in [0.4, 0.5) is 0 Å². The second kappa shape index (κ2) is 7.81. The first kappa shape index (κ1) is 20.3. The number of Topliss-reactive ketones (excluding diaryl/α,β-unsaturated/α-hetero) is 1. The number of benzene rings is 2. The van der Waals surface area contributed by atoms with Crippen LogP contribution in [0, 0.1) is 0 Å². The van der Waals surface area contributed by atoms with Gasteiger partial charge < -0.3 is 14.2 Å². The second-order valence-electron chi connectivity index (χ2n) is 9.65. The molecule has 1 atom stereocenters. The Hall–Kier alpha value is -2.63. The summed E-state index contributed by atoms with van der Waals surface area (Å²) in [6.07, 6.45) is 4.30. The first-order valence-electron chi connectivity index (χ1n) is 11.1. The number of ether oxygens (including phenoxy) is 3. The molecule has 31 heavy (non-hydrogen) atoms. The molecule has 0 radical (unpaired) electrons. The van der Waals surface area contributed by atoms with E-state index in [9.17, 15) is 4.79 Å². The first-order chi connectivity index (χ1) is 14.9. The molecule has 5 rings (SSSR count). The van der Waals surface area contributed by atoms with Crippen molar-refractivity contribution in [3.63, 3.8) is 0 Å². The average molecular weight is 420 g/mol. The van der Waals surface area contributed by atoms with E-state index in [1.54, 1.807) is 0 Å². The number of nitrogens with zero attached hydrogens (tertiary/aromatic N) is 1. The van der Waals surface area contributed by atoms with Crippen LogP contribution < -0.4 is 9.47 Å². The van der Waals surface area contributed by atoms with Crippen molar-refractivity contribution in [3.05, 3.63) is 64.4 Å². The Morgan fingerprint density at radius 1 is 1.13 bits per heavy atom. The second-order valence-corrected chi connectivity index (χ2v) is 9.65. The number of rotatable bonds is 3. The standard InChI is InChI=1S/C26H29NO4/c1-26(2,3)18-8-6-17(7-9-18)13-23-24(28)20-10-11-22-21(25(20)31-23)15-27(16-30-22)14-19-5-4-12-29-19/h6-11,13,19H,4-5,12,14-16H2,1-3H3/b23-13-. The van der Waals surface area contributed by atoms with Crippen molar-refractivity contribution in [2.75, 3.05) is 19.9 Å². The van der Waals surface area contributed by atoms with E-state index in [0.29, 0.717) is 30.3 Å². The van der Waals surface area contributed by atoms with Crippen LogP contribution in [0.15, 0.2) is 42.2 Å². The van der Waals surface area contributed by atoms with Crippen LogP contribution in [-0.2, 0) is 16.7 Å². The van der Waals surface area contributed by atoms with Crippen molar-refractivity contribution in [1.82, 2.24) is 4.90 Å². The Bertz CT molecular complexity index is 1030. The van der Waals surface area contributed by atoms with Gasteiger partial charge in [-0.1, -0.05) is 45.0 Å². The summed E-state index contributed by atoms with van der Waals surface area (Å²) >= 11 is 0. The molecule has 162 valence electrons. The Balaban J connectivity index is 1.38. The normalized spacial score (nSPS) is 22.2. The van der Waals surface area contributed by atoms with Gasteiger partial charge in [0, 0.05) is 19.7 Å². The number of carbonyl (C=O) groups excluding carboxylic acids is 1. The number of carbonyl (C=O) groups is 1. The smallest absolute Gasteiger partial charge is 0.231 e. The van der Waals surface area contributed by atoms with Crippen molar-refractivity contribution in [2.45, 2.75) is 51.7 Å². The molecular weight excluding hydrogens is 390 g/mol. The quantitative estimate of drug-likeness (QED) is 0.660. The maximum atomic E-state index is 13.0. The SMILES string of the molecule is CC(C)(C)c1ccc(/C=C2\Oc3c(ccc4c3CN(CC3CCCO3)CO4)C2=O)cc1.